The fraction of sp³-hybridized carbons (Fsp3) is 0.654. The van der Waals surface area contributed by atoms with Crippen LogP contribution in [-0.2, 0) is 9.59 Å². The highest BCUT2D eigenvalue weighted by Crippen LogP contribution is 2.64. The van der Waals surface area contributed by atoms with E-state index in [1.807, 2.05) is 11.8 Å². The van der Waals surface area contributed by atoms with Crippen molar-refractivity contribution in [1.82, 2.24) is 9.88 Å². The number of likely N-dealkylation sites (N-methyl/N-ethyl adjacent to an activating group) is 1. The third-order valence-electron chi connectivity index (χ3n) is 9.34. The van der Waals surface area contributed by atoms with E-state index in [1.54, 1.807) is 24.5 Å². The summed E-state index contributed by atoms with van der Waals surface area (Å²) in [5.74, 6) is 1.64. The number of pyridine rings is 1. The lowest BCUT2D eigenvalue weighted by atomic mass is 9.48. The van der Waals surface area contributed by atoms with Gasteiger partial charge >= 0.3 is 0 Å². The number of carbonyl (C=O) groups excluding carboxylic acids is 2. The van der Waals surface area contributed by atoms with E-state index >= 15 is 0 Å². The molecule has 3 fully saturated rings. The Morgan fingerprint density at radius 2 is 2.03 bits per heavy atom. The van der Waals surface area contributed by atoms with Gasteiger partial charge < -0.3 is 10.2 Å². The third kappa shape index (κ3) is 3.15. The van der Waals surface area contributed by atoms with Crippen molar-refractivity contribution >= 4 is 17.5 Å². The van der Waals surface area contributed by atoms with Crippen LogP contribution in [0, 0.1) is 28.6 Å². The molecule has 5 heteroatoms. The summed E-state index contributed by atoms with van der Waals surface area (Å²) < 4.78 is 0. The minimum Gasteiger partial charge on any atom is -0.335 e. The minimum atomic E-state index is -0.306. The molecule has 0 bridgehead atoms. The highest BCUT2D eigenvalue weighted by atomic mass is 16.2. The highest BCUT2D eigenvalue weighted by Gasteiger charge is 2.59. The second-order valence-corrected chi connectivity index (χ2v) is 10.8. The maximum Gasteiger partial charge on any atom is 0.260 e. The van der Waals surface area contributed by atoms with E-state index in [4.69, 9.17) is 0 Å². The van der Waals surface area contributed by atoms with Crippen LogP contribution < -0.4 is 5.32 Å². The number of nitrogens with zero attached hydrogens (tertiary/aromatic N) is 2. The first-order valence-electron chi connectivity index (χ1n) is 12.1. The van der Waals surface area contributed by atoms with Crippen LogP contribution in [0.2, 0.25) is 0 Å². The van der Waals surface area contributed by atoms with Crippen molar-refractivity contribution in [3.8, 4) is 0 Å². The molecule has 31 heavy (non-hydrogen) atoms. The van der Waals surface area contributed by atoms with Crippen molar-refractivity contribution in [2.45, 2.75) is 71.8 Å². The lowest BCUT2D eigenvalue weighted by Gasteiger charge is -2.60. The van der Waals surface area contributed by atoms with Gasteiger partial charge in [-0.2, -0.15) is 0 Å². The Balaban J connectivity index is 1.51. The first-order valence-corrected chi connectivity index (χ1v) is 12.1. The standard InChI is InChI=1S/C26H35N3O2/c1-4-29-22-10-9-18-20-8-5-12-25(20,2)13-11-21(18)26(22,3)15-19(24(29)31)23(30)28-17-7-6-14-27-16-17/h6-7,14-16,18,20-22H,4-5,8-13H2,1-3H3,(H,28,30)/t18-,20-,21+,22?,25-,26+/m0/s1. The molecule has 6 atom stereocenters. The number of hydrogen-bond donors (Lipinski definition) is 1. The molecule has 5 nitrogen and oxygen atoms in total. The zero-order valence-electron chi connectivity index (χ0n) is 19.1. The van der Waals surface area contributed by atoms with E-state index in [2.05, 4.69) is 30.2 Å². The van der Waals surface area contributed by atoms with E-state index in [-0.39, 0.29) is 23.3 Å². The molecule has 5 rings (SSSR count). The number of anilines is 1. The number of nitrogens with one attached hydrogen (secondary N) is 1. The molecule has 1 aliphatic heterocycles. The zero-order chi connectivity index (χ0) is 21.8. The Hall–Kier alpha value is -2.17. The summed E-state index contributed by atoms with van der Waals surface area (Å²) in [5.41, 5.74) is 1.30. The number of hydrogen-bond acceptors (Lipinski definition) is 3. The first-order chi connectivity index (χ1) is 14.9. The van der Waals surface area contributed by atoms with Gasteiger partial charge in [0, 0.05) is 24.2 Å². The predicted molar refractivity (Wildman–Crippen MR) is 121 cm³/mol. The van der Waals surface area contributed by atoms with E-state index in [9.17, 15) is 9.59 Å². The maximum atomic E-state index is 13.4. The molecule has 2 heterocycles. The van der Waals surface area contributed by atoms with Crippen LogP contribution in [0.5, 0.6) is 0 Å². The zero-order valence-corrected chi connectivity index (χ0v) is 19.1. The molecule has 0 radical (unpaired) electrons. The van der Waals surface area contributed by atoms with Crippen molar-refractivity contribution in [1.29, 1.82) is 0 Å². The molecule has 3 aliphatic carbocycles. The van der Waals surface area contributed by atoms with Gasteiger partial charge in [0.15, 0.2) is 0 Å². The molecule has 0 aromatic carbocycles. The van der Waals surface area contributed by atoms with Gasteiger partial charge in [0.25, 0.3) is 11.8 Å². The van der Waals surface area contributed by atoms with E-state index < -0.39 is 0 Å². The summed E-state index contributed by atoms with van der Waals surface area (Å²) >= 11 is 0. The molecule has 1 N–H and O–H groups in total. The number of fused-ring (bicyclic) bond motifs is 5. The second-order valence-electron chi connectivity index (χ2n) is 10.8. The van der Waals surface area contributed by atoms with Gasteiger partial charge in [-0.15, -0.1) is 0 Å². The summed E-state index contributed by atoms with van der Waals surface area (Å²) in [6.07, 6.45) is 14.2. The van der Waals surface area contributed by atoms with Crippen LogP contribution in [0.25, 0.3) is 0 Å². The van der Waals surface area contributed by atoms with Gasteiger partial charge in [-0.3, -0.25) is 14.6 Å². The Labute approximate surface area is 185 Å². The van der Waals surface area contributed by atoms with Crippen LogP contribution in [0.3, 0.4) is 0 Å². The fourth-order valence-corrected chi connectivity index (χ4v) is 7.89. The van der Waals surface area contributed by atoms with Gasteiger partial charge in [0.1, 0.15) is 5.57 Å². The van der Waals surface area contributed by atoms with Crippen LogP contribution in [0.1, 0.15) is 65.7 Å². The van der Waals surface area contributed by atoms with Crippen molar-refractivity contribution in [2.75, 3.05) is 11.9 Å². The monoisotopic (exact) mass is 421 g/mol. The Kier molecular flexibility index (Phi) is 4.98. The van der Waals surface area contributed by atoms with E-state index in [0.717, 1.165) is 12.3 Å². The Morgan fingerprint density at radius 1 is 1.19 bits per heavy atom. The molecular weight excluding hydrogens is 386 g/mol. The maximum absolute atomic E-state index is 13.4. The Morgan fingerprint density at radius 3 is 2.77 bits per heavy atom. The average Bonchev–Trinajstić information content (AvgIpc) is 3.16. The second kappa shape index (κ2) is 7.46. The highest BCUT2D eigenvalue weighted by molar-refractivity contribution is 6.23. The summed E-state index contributed by atoms with van der Waals surface area (Å²) in [7, 11) is 0. The van der Waals surface area contributed by atoms with Gasteiger partial charge in [0.2, 0.25) is 0 Å². The molecule has 4 aliphatic rings. The summed E-state index contributed by atoms with van der Waals surface area (Å²) in [5, 5.41) is 2.90. The van der Waals surface area contributed by atoms with E-state index in [1.165, 1.54) is 38.5 Å². The van der Waals surface area contributed by atoms with Crippen molar-refractivity contribution in [2.24, 2.45) is 28.6 Å². The van der Waals surface area contributed by atoms with Crippen molar-refractivity contribution in [3.63, 3.8) is 0 Å². The number of carbonyl (C=O) groups is 2. The first kappa shape index (κ1) is 20.7. The lowest BCUT2D eigenvalue weighted by Crippen LogP contribution is -2.61. The summed E-state index contributed by atoms with van der Waals surface area (Å²) in [4.78, 5) is 32.6. The van der Waals surface area contributed by atoms with Gasteiger partial charge in [-0.05, 0) is 80.8 Å². The average molecular weight is 422 g/mol. The summed E-state index contributed by atoms with van der Waals surface area (Å²) in [6, 6.07) is 3.79. The van der Waals surface area contributed by atoms with Gasteiger partial charge in [0.05, 0.1) is 11.9 Å². The van der Waals surface area contributed by atoms with Crippen molar-refractivity contribution in [3.05, 3.63) is 36.2 Å². The number of rotatable bonds is 3. The fourth-order valence-electron chi connectivity index (χ4n) is 7.89. The quantitative estimate of drug-likeness (QED) is 0.713. The van der Waals surface area contributed by atoms with Crippen LogP contribution in [-0.4, -0.2) is 34.3 Å². The molecule has 2 amide bonds. The molecule has 3 saturated carbocycles. The minimum absolute atomic E-state index is 0.119. The molecule has 0 saturated heterocycles. The van der Waals surface area contributed by atoms with Gasteiger partial charge in [-0.25, -0.2) is 0 Å². The normalized spacial score (nSPS) is 39.3. The third-order valence-corrected chi connectivity index (χ3v) is 9.34. The molecule has 1 aromatic rings. The molecule has 1 unspecified atom stereocenters. The smallest absolute Gasteiger partial charge is 0.260 e. The topological polar surface area (TPSA) is 62.3 Å². The lowest BCUT2D eigenvalue weighted by molar-refractivity contribution is -0.143. The largest absolute Gasteiger partial charge is 0.335 e. The molecule has 1 aromatic heterocycles. The molecule has 0 spiro atoms. The number of amides is 2. The van der Waals surface area contributed by atoms with Gasteiger partial charge in [-0.1, -0.05) is 26.3 Å². The predicted octanol–water partition coefficient (Wildman–Crippen LogP) is 4.81. The van der Waals surface area contributed by atoms with E-state index in [0.29, 0.717) is 35.1 Å². The SMILES string of the molecule is CCN1C(=O)C(C(=O)Nc2cccnc2)=C[C@@]2(C)C1CC[C@@H]1[C@H]2CC[C@]2(C)CCC[C@@H]12. The molecule has 166 valence electrons. The summed E-state index contributed by atoms with van der Waals surface area (Å²) in [6.45, 7) is 7.54. The number of aromatic nitrogens is 1. The van der Waals surface area contributed by atoms with Crippen LogP contribution >= 0.6 is 0 Å². The van der Waals surface area contributed by atoms with Crippen LogP contribution in [0.4, 0.5) is 5.69 Å². The van der Waals surface area contributed by atoms with Crippen molar-refractivity contribution < 1.29 is 9.59 Å². The molecular formula is C26H35N3O2. The van der Waals surface area contributed by atoms with Crippen LogP contribution in [0.15, 0.2) is 36.2 Å². The Bertz CT molecular complexity index is 912.